The molecule has 0 radical (unpaired) electrons. The number of carboxylic acids is 1. The van der Waals surface area contributed by atoms with E-state index in [4.69, 9.17) is 21.8 Å². The van der Waals surface area contributed by atoms with Crippen LogP contribution in [0.4, 0.5) is 0 Å². The molecular formula is C37H38ClN2NaO3S. The number of aliphatic carboxylic acids is 1. The van der Waals surface area contributed by atoms with E-state index in [-0.39, 0.29) is 46.6 Å². The van der Waals surface area contributed by atoms with E-state index in [0.717, 1.165) is 64.7 Å². The maximum atomic E-state index is 11.4. The van der Waals surface area contributed by atoms with E-state index in [2.05, 4.69) is 36.4 Å². The van der Waals surface area contributed by atoms with Crippen LogP contribution in [0, 0.1) is 16.7 Å². The minimum absolute atomic E-state index is 0. The van der Waals surface area contributed by atoms with Crippen LogP contribution in [-0.2, 0) is 16.8 Å². The van der Waals surface area contributed by atoms with Gasteiger partial charge in [-0.2, -0.15) is 17.0 Å². The van der Waals surface area contributed by atoms with Gasteiger partial charge >= 0.3 is 29.6 Å². The summed E-state index contributed by atoms with van der Waals surface area (Å²) < 4.78 is 0. The minimum Gasteiger partial charge on any atom is -0.550 e. The van der Waals surface area contributed by atoms with Crippen molar-refractivity contribution in [2.24, 2.45) is 5.41 Å². The third-order valence-electron chi connectivity index (χ3n) is 7.82. The summed E-state index contributed by atoms with van der Waals surface area (Å²) in [5.41, 5.74) is 5.03. The SMILES string of the molecule is CC#N.CC(C)(O)c1ccccc1CC[C@@H](SCC1(CC(=O)[O-])CC1)c1cccc(/C=C/c2ccc3ccc(Cl)cc3n2)c1.[Na+]. The van der Waals surface area contributed by atoms with Gasteiger partial charge in [-0.3, -0.25) is 0 Å². The molecule has 1 aliphatic rings. The van der Waals surface area contributed by atoms with E-state index in [1.807, 2.05) is 80.2 Å². The summed E-state index contributed by atoms with van der Waals surface area (Å²) in [6.07, 6.45) is 7.78. The number of carboxylic acid groups (broad SMARTS) is 1. The molecule has 1 saturated carbocycles. The molecule has 1 aliphatic carbocycles. The zero-order chi connectivity index (χ0) is 31.7. The Hall–Kier alpha value is -2.63. The van der Waals surface area contributed by atoms with Gasteiger partial charge in [0, 0.05) is 28.6 Å². The van der Waals surface area contributed by atoms with Gasteiger partial charge in [0.2, 0.25) is 0 Å². The summed E-state index contributed by atoms with van der Waals surface area (Å²) >= 11 is 8.01. The van der Waals surface area contributed by atoms with Crippen LogP contribution >= 0.6 is 23.4 Å². The molecule has 45 heavy (non-hydrogen) atoms. The van der Waals surface area contributed by atoms with Crippen molar-refractivity contribution in [1.82, 2.24) is 4.98 Å². The number of nitriles is 1. The van der Waals surface area contributed by atoms with Crippen molar-refractivity contribution < 1.29 is 44.6 Å². The summed E-state index contributed by atoms with van der Waals surface area (Å²) in [7, 11) is 0. The zero-order valence-corrected chi connectivity index (χ0v) is 30.0. The topological polar surface area (TPSA) is 97.0 Å². The molecule has 3 aromatic carbocycles. The van der Waals surface area contributed by atoms with Crippen LogP contribution in [0.2, 0.25) is 5.02 Å². The number of pyridine rings is 1. The fourth-order valence-corrected chi connectivity index (χ4v) is 7.08. The molecule has 1 atom stereocenters. The van der Waals surface area contributed by atoms with Crippen LogP contribution in [0.1, 0.15) is 79.7 Å². The quantitative estimate of drug-likeness (QED) is 0.214. The fourth-order valence-electron chi connectivity index (χ4n) is 5.34. The van der Waals surface area contributed by atoms with Gasteiger partial charge in [0.1, 0.15) is 0 Å². The first-order valence-corrected chi connectivity index (χ1v) is 16.2. The summed E-state index contributed by atoms with van der Waals surface area (Å²) in [6, 6.07) is 28.1. The van der Waals surface area contributed by atoms with Crippen molar-refractivity contribution in [2.45, 2.75) is 63.7 Å². The fraction of sp³-hybridized carbons (Fsp3) is 0.324. The number of carbonyl (C=O) groups is 1. The number of hydrogen-bond acceptors (Lipinski definition) is 6. The van der Waals surface area contributed by atoms with Crippen LogP contribution in [0.3, 0.4) is 0 Å². The number of nitrogens with zero attached hydrogens (tertiary/aromatic N) is 2. The van der Waals surface area contributed by atoms with Crippen molar-refractivity contribution in [3.8, 4) is 6.07 Å². The number of halogens is 1. The first-order chi connectivity index (χ1) is 21.0. The summed E-state index contributed by atoms with van der Waals surface area (Å²) in [5, 5.41) is 31.3. The van der Waals surface area contributed by atoms with Gasteiger partial charge in [-0.1, -0.05) is 78.3 Å². The van der Waals surface area contributed by atoms with E-state index in [1.54, 1.807) is 6.07 Å². The number of aliphatic hydroxyl groups is 1. The van der Waals surface area contributed by atoms with Gasteiger partial charge in [-0.05, 0) is 104 Å². The van der Waals surface area contributed by atoms with Gasteiger partial charge < -0.3 is 15.0 Å². The molecule has 0 aliphatic heterocycles. The van der Waals surface area contributed by atoms with E-state index in [9.17, 15) is 15.0 Å². The monoisotopic (exact) mass is 648 g/mol. The Morgan fingerprint density at radius 1 is 1.11 bits per heavy atom. The third kappa shape index (κ3) is 11.0. The van der Waals surface area contributed by atoms with Gasteiger partial charge in [-0.25, -0.2) is 4.98 Å². The van der Waals surface area contributed by atoms with E-state index >= 15 is 0 Å². The van der Waals surface area contributed by atoms with Gasteiger partial charge in [0.25, 0.3) is 0 Å². The predicted molar refractivity (Wildman–Crippen MR) is 180 cm³/mol. The number of rotatable bonds is 12. The number of fused-ring (bicyclic) bond motifs is 1. The number of thioether (sulfide) groups is 1. The molecule has 0 amide bonds. The molecule has 0 unspecified atom stereocenters. The number of hydrogen-bond donors (Lipinski definition) is 1. The first-order valence-electron chi connectivity index (χ1n) is 14.8. The average molecular weight is 649 g/mol. The largest absolute Gasteiger partial charge is 1.00 e. The van der Waals surface area contributed by atoms with Crippen molar-refractivity contribution >= 4 is 52.4 Å². The molecule has 1 N–H and O–H groups in total. The average Bonchev–Trinajstić information content (AvgIpc) is 3.74. The Morgan fingerprint density at radius 2 is 1.82 bits per heavy atom. The second-order valence-electron chi connectivity index (χ2n) is 11.9. The molecule has 1 heterocycles. The molecule has 5 nitrogen and oxygen atoms in total. The van der Waals surface area contributed by atoms with E-state index in [0.29, 0.717) is 5.02 Å². The molecule has 8 heteroatoms. The normalized spacial score (nSPS) is 14.1. The molecule has 4 aromatic rings. The number of carbonyl (C=O) groups excluding carboxylic acids is 1. The first kappa shape index (κ1) is 36.8. The molecule has 1 aromatic heterocycles. The summed E-state index contributed by atoms with van der Waals surface area (Å²) in [6.45, 7) is 5.08. The van der Waals surface area contributed by atoms with Crippen LogP contribution in [0.15, 0.2) is 78.9 Å². The van der Waals surface area contributed by atoms with Crippen molar-refractivity contribution in [1.29, 1.82) is 5.26 Å². The molecule has 228 valence electrons. The third-order valence-corrected chi connectivity index (χ3v) is 9.75. The van der Waals surface area contributed by atoms with Crippen LogP contribution < -0.4 is 34.7 Å². The Morgan fingerprint density at radius 3 is 2.51 bits per heavy atom. The molecular weight excluding hydrogens is 611 g/mol. The Kier molecular flexibility index (Phi) is 13.7. The predicted octanol–water partition coefficient (Wildman–Crippen LogP) is 5.15. The Labute approximate surface area is 298 Å². The zero-order valence-electron chi connectivity index (χ0n) is 26.4. The standard InChI is InChI=1S/C35H36ClNO3S.C2H3N.Na/c1-34(2,40)30-9-4-3-7-25(30)13-17-32(41-23-35(18-19-35)22-33(38)39)27-8-5-6-24(20-27)10-15-29-16-12-26-11-14-28(36)21-31(26)37-29;1-2-3;/h3-12,14-16,20-21,32,40H,13,17-19,22-23H2,1-2H3,(H,38,39);1H3;/q;;+1/p-1/b15-10+;;/t32-;;/m1../s1. The van der Waals surface area contributed by atoms with Gasteiger partial charge in [0.15, 0.2) is 0 Å². The number of aryl methyl sites for hydroxylation is 1. The summed E-state index contributed by atoms with van der Waals surface area (Å²) in [5.74, 6) is -0.168. The maximum Gasteiger partial charge on any atom is 1.00 e. The molecule has 0 spiro atoms. The second kappa shape index (κ2) is 16.8. The van der Waals surface area contributed by atoms with E-state index in [1.165, 1.54) is 12.5 Å². The molecule has 0 saturated heterocycles. The van der Waals surface area contributed by atoms with Crippen molar-refractivity contribution in [3.05, 3.63) is 112 Å². The summed E-state index contributed by atoms with van der Waals surface area (Å²) in [4.78, 5) is 16.1. The minimum atomic E-state index is -0.963. The number of benzene rings is 3. The molecule has 0 bridgehead atoms. The smallest absolute Gasteiger partial charge is 0.550 e. The van der Waals surface area contributed by atoms with Gasteiger partial charge in [-0.15, -0.1) is 0 Å². The van der Waals surface area contributed by atoms with Gasteiger partial charge in [0.05, 0.1) is 22.9 Å². The van der Waals surface area contributed by atoms with E-state index < -0.39 is 11.6 Å². The molecule has 1 fully saturated rings. The van der Waals surface area contributed by atoms with Crippen LogP contribution in [-0.4, -0.2) is 21.8 Å². The van der Waals surface area contributed by atoms with Crippen molar-refractivity contribution in [3.63, 3.8) is 0 Å². The Bertz CT molecular complexity index is 1670. The second-order valence-corrected chi connectivity index (χ2v) is 13.5. The molecule has 5 rings (SSSR count). The van der Waals surface area contributed by atoms with Crippen LogP contribution in [0.25, 0.3) is 23.1 Å². The Balaban J connectivity index is 0.00000133. The van der Waals surface area contributed by atoms with Crippen LogP contribution in [0.5, 0.6) is 0 Å². The maximum absolute atomic E-state index is 11.4. The van der Waals surface area contributed by atoms with Crippen molar-refractivity contribution in [2.75, 3.05) is 5.75 Å². The number of aromatic nitrogens is 1.